The van der Waals surface area contributed by atoms with Gasteiger partial charge < -0.3 is 14.8 Å². The van der Waals surface area contributed by atoms with Crippen molar-refractivity contribution in [1.29, 1.82) is 0 Å². The largest absolute Gasteiger partial charge is 0.497 e. The molecule has 0 spiro atoms. The summed E-state index contributed by atoms with van der Waals surface area (Å²) < 4.78 is 11.7. The Kier molecular flexibility index (Phi) is 5.03. The second-order valence-corrected chi connectivity index (χ2v) is 5.64. The second kappa shape index (κ2) is 6.55. The highest BCUT2D eigenvalue weighted by Crippen LogP contribution is 2.23. The van der Waals surface area contributed by atoms with Crippen LogP contribution in [-0.4, -0.2) is 26.4 Å². The summed E-state index contributed by atoms with van der Waals surface area (Å²) in [7, 11) is 1.68. The molecule has 0 amide bonds. The van der Waals surface area contributed by atoms with Crippen LogP contribution in [0.3, 0.4) is 0 Å². The van der Waals surface area contributed by atoms with Crippen LogP contribution in [0.5, 0.6) is 5.75 Å². The lowest BCUT2D eigenvalue weighted by Crippen LogP contribution is -2.41. The first-order valence-electron chi connectivity index (χ1n) is 6.34. The molecule has 0 bridgehead atoms. The molecule has 2 unspecified atom stereocenters. The van der Waals surface area contributed by atoms with Gasteiger partial charge in [-0.05, 0) is 30.0 Å². The summed E-state index contributed by atoms with van der Waals surface area (Å²) >= 11 is 3.58. The molecule has 0 aliphatic carbocycles. The molecule has 2 rings (SSSR count). The fourth-order valence-electron chi connectivity index (χ4n) is 2.22. The van der Waals surface area contributed by atoms with Crippen LogP contribution in [-0.2, 0) is 11.3 Å². The maximum absolute atomic E-state index is 5.45. The minimum atomic E-state index is 0.549. The van der Waals surface area contributed by atoms with E-state index in [2.05, 4.69) is 34.2 Å². The summed E-state index contributed by atoms with van der Waals surface area (Å²) in [5, 5.41) is 3.62. The van der Waals surface area contributed by atoms with Crippen molar-refractivity contribution in [3.8, 4) is 5.75 Å². The normalized spacial score (nSPS) is 23.9. The van der Waals surface area contributed by atoms with E-state index in [0.717, 1.165) is 36.4 Å². The Hall–Kier alpha value is -0.580. The number of ether oxygens (including phenoxy) is 2. The van der Waals surface area contributed by atoms with Gasteiger partial charge in [0.25, 0.3) is 0 Å². The third-order valence-corrected chi connectivity index (χ3v) is 4.19. The van der Waals surface area contributed by atoms with Crippen molar-refractivity contribution in [3.63, 3.8) is 0 Å². The minimum Gasteiger partial charge on any atom is -0.497 e. The van der Waals surface area contributed by atoms with Crippen molar-refractivity contribution >= 4 is 15.9 Å². The van der Waals surface area contributed by atoms with Gasteiger partial charge in [-0.1, -0.05) is 28.9 Å². The Labute approximate surface area is 117 Å². The number of hydrogen-bond donors (Lipinski definition) is 1. The Morgan fingerprint density at radius 1 is 1.50 bits per heavy atom. The molecule has 1 aliphatic heterocycles. The molecule has 0 radical (unpaired) electrons. The van der Waals surface area contributed by atoms with E-state index in [-0.39, 0.29) is 0 Å². The van der Waals surface area contributed by atoms with Crippen molar-refractivity contribution in [2.24, 2.45) is 5.92 Å². The predicted molar refractivity (Wildman–Crippen MR) is 75.9 cm³/mol. The van der Waals surface area contributed by atoms with Crippen molar-refractivity contribution < 1.29 is 9.47 Å². The summed E-state index contributed by atoms with van der Waals surface area (Å²) in [6.07, 6.45) is 1.09. The molecule has 1 aliphatic rings. The third kappa shape index (κ3) is 3.46. The number of methoxy groups -OCH3 is 1. The molecular weight excluding hydrogens is 294 g/mol. The van der Waals surface area contributed by atoms with E-state index in [4.69, 9.17) is 9.47 Å². The molecule has 1 heterocycles. The zero-order valence-electron chi connectivity index (χ0n) is 10.9. The van der Waals surface area contributed by atoms with Crippen LogP contribution in [0.25, 0.3) is 0 Å². The Balaban J connectivity index is 1.93. The van der Waals surface area contributed by atoms with E-state index < -0.39 is 0 Å². The van der Waals surface area contributed by atoms with Gasteiger partial charge >= 0.3 is 0 Å². The Bertz CT molecular complexity index is 397. The van der Waals surface area contributed by atoms with Gasteiger partial charge in [0.1, 0.15) is 5.75 Å². The van der Waals surface area contributed by atoms with Crippen molar-refractivity contribution in [3.05, 3.63) is 28.2 Å². The second-order valence-electron chi connectivity index (χ2n) is 4.79. The van der Waals surface area contributed by atoms with E-state index in [0.29, 0.717) is 12.0 Å². The topological polar surface area (TPSA) is 30.5 Å². The Morgan fingerprint density at radius 3 is 3.00 bits per heavy atom. The number of benzene rings is 1. The van der Waals surface area contributed by atoms with Crippen molar-refractivity contribution in [1.82, 2.24) is 5.32 Å². The summed E-state index contributed by atoms with van der Waals surface area (Å²) in [5.74, 6) is 1.46. The van der Waals surface area contributed by atoms with Crippen molar-refractivity contribution in [2.45, 2.75) is 25.9 Å². The molecule has 18 heavy (non-hydrogen) atoms. The molecule has 1 aromatic rings. The van der Waals surface area contributed by atoms with E-state index in [1.165, 1.54) is 5.56 Å². The van der Waals surface area contributed by atoms with Crippen LogP contribution in [0.4, 0.5) is 0 Å². The monoisotopic (exact) mass is 313 g/mol. The first kappa shape index (κ1) is 13.8. The van der Waals surface area contributed by atoms with Gasteiger partial charge in [-0.3, -0.25) is 0 Å². The molecule has 100 valence electrons. The van der Waals surface area contributed by atoms with Crippen LogP contribution in [0.15, 0.2) is 22.7 Å². The van der Waals surface area contributed by atoms with Crippen molar-refractivity contribution in [2.75, 3.05) is 20.3 Å². The summed E-state index contributed by atoms with van der Waals surface area (Å²) in [4.78, 5) is 0. The summed E-state index contributed by atoms with van der Waals surface area (Å²) in [5.41, 5.74) is 1.26. The molecule has 1 aromatic carbocycles. The van der Waals surface area contributed by atoms with Crippen LogP contribution in [0.1, 0.15) is 18.9 Å². The lowest BCUT2D eigenvalue weighted by molar-refractivity contribution is 0.0386. The average Bonchev–Trinajstić information content (AvgIpc) is 2.39. The summed E-state index contributed by atoms with van der Waals surface area (Å²) in [6.45, 7) is 4.84. The highest BCUT2D eigenvalue weighted by atomic mass is 79.9. The molecule has 1 N–H and O–H groups in total. The zero-order chi connectivity index (χ0) is 13.0. The maximum atomic E-state index is 5.45. The minimum absolute atomic E-state index is 0.549. The first-order chi connectivity index (χ1) is 8.70. The zero-order valence-corrected chi connectivity index (χ0v) is 12.5. The average molecular weight is 314 g/mol. The van der Waals surface area contributed by atoms with E-state index in [1.807, 2.05) is 12.1 Å². The fourth-order valence-corrected chi connectivity index (χ4v) is 2.72. The molecule has 0 saturated carbocycles. The molecule has 0 aromatic heterocycles. The highest BCUT2D eigenvalue weighted by Gasteiger charge is 2.21. The molecule has 1 fully saturated rings. The highest BCUT2D eigenvalue weighted by molar-refractivity contribution is 9.10. The number of rotatable bonds is 4. The van der Waals surface area contributed by atoms with Gasteiger partial charge in [0.15, 0.2) is 0 Å². The smallest absolute Gasteiger partial charge is 0.120 e. The number of nitrogens with one attached hydrogen (secondary N) is 1. The van der Waals surface area contributed by atoms with Gasteiger partial charge in [-0.25, -0.2) is 0 Å². The lowest BCUT2D eigenvalue weighted by atomic mass is 9.97. The van der Waals surface area contributed by atoms with E-state index >= 15 is 0 Å². The molecular formula is C14H20BrNO2. The van der Waals surface area contributed by atoms with Gasteiger partial charge in [0, 0.05) is 23.7 Å². The number of hydrogen-bond acceptors (Lipinski definition) is 3. The fraction of sp³-hybridized carbons (Fsp3) is 0.571. The van der Waals surface area contributed by atoms with Gasteiger partial charge in [0.2, 0.25) is 0 Å². The van der Waals surface area contributed by atoms with E-state index in [9.17, 15) is 0 Å². The SMILES string of the molecule is COc1ccc(CNC2CCOCC2C)c(Br)c1. The maximum Gasteiger partial charge on any atom is 0.120 e. The quantitative estimate of drug-likeness (QED) is 0.927. The molecule has 4 heteroatoms. The lowest BCUT2D eigenvalue weighted by Gasteiger charge is -2.29. The Morgan fingerprint density at radius 2 is 2.33 bits per heavy atom. The van der Waals surface area contributed by atoms with Crippen LogP contribution in [0, 0.1) is 5.92 Å². The van der Waals surface area contributed by atoms with Gasteiger partial charge in [0.05, 0.1) is 13.7 Å². The van der Waals surface area contributed by atoms with Crippen LogP contribution in [0.2, 0.25) is 0 Å². The predicted octanol–water partition coefficient (Wildman–Crippen LogP) is 2.97. The molecule has 3 nitrogen and oxygen atoms in total. The van der Waals surface area contributed by atoms with E-state index in [1.54, 1.807) is 7.11 Å². The number of halogens is 1. The standard InChI is InChI=1S/C14H20BrNO2/c1-10-9-18-6-5-14(10)16-8-11-3-4-12(17-2)7-13(11)15/h3-4,7,10,14,16H,5-6,8-9H2,1-2H3. The molecule has 2 atom stereocenters. The summed E-state index contributed by atoms with van der Waals surface area (Å²) in [6, 6.07) is 6.65. The van der Waals surface area contributed by atoms with Gasteiger partial charge in [-0.15, -0.1) is 0 Å². The van der Waals surface area contributed by atoms with Crippen LogP contribution < -0.4 is 10.1 Å². The molecule has 1 saturated heterocycles. The third-order valence-electron chi connectivity index (χ3n) is 3.46. The van der Waals surface area contributed by atoms with Gasteiger partial charge in [-0.2, -0.15) is 0 Å². The van der Waals surface area contributed by atoms with Crippen LogP contribution >= 0.6 is 15.9 Å². The first-order valence-corrected chi connectivity index (χ1v) is 7.13.